The Bertz CT molecular complexity index is 691. The van der Waals surface area contributed by atoms with Crippen molar-refractivity contribution < 1.29 is 19.2 Å². The first-order valence-corrected chi connectivity index (χ1v) is 6.78. The normalized spacial score (nSPS) is 12.0. The number of hydrogen-bond donors (Lipinski definition) is 1. The van der Waals surface area contributed by atoms with Crippen molar-refractivity contribution in [3.8, 4) is 11.5 Å². The summed E-state index contributed by atoms with van der Waals surface area (Å²) in [5.74, 6) is -0.341. The van der Waals surface area contributed by atoms with Gasteiger partial charge in [0.2, 0.25) is 0 Å². The molecule has 0 aliphatic heterocycles. The minimum absolute atomic E-state index is 0.00379. The van der Waals surface area contributed by atoms with E-state index in [2.05, 4.69) is 15.9 Å². The van der Waals surface area contributed by atoms with E-state index in [1.54, 1.807) is 0 Å². The highest BCUT2D eigenvalue weighted by atomic mass is 79.9. The van der Waals surface area contributed by atoms with Crippen molar-refractivity contribution in [2.45, 2.75) is 13.0 Å². The first kappa shape index (κ1) is 15.4. The van der Waals surface area contributed by atoms with Gasteiger partial charge in [-0.05, 0) is 41.1 Å². The first-order valence-electron chi connectivity index (χ1n) is 5.99. The van der Waals surface area contributed by atoms with Gasteiger partial charge in [-0.15, -0.1) is 0 Å². The Labute approximate surface area is 128 Å². The number of nitro groups is 1. The average molecular weight is 356 g/mol. The van der Waals surface area contributed by atoms with Crippen LogP contribution in [0.15, 0.2) is 40.9 Å². The van der Waals surface area contributed by atoms with E-state index < -0.39 is 16.8 Å². The van der Waals surface area contributed by atoms with E-state index in [4.69, 9.17) is 4.74 Å². The van der Waals surface area contributed by atoms with Crippen LogP contribution in [-0.2, 0) is 0 Å². The highest BCUT2D eigenvalue weighted by Crippen LogP contribution is 2.38. The van der Waals surface area contributed by atoms with Crippen molar-refractivity contribution in [3.63, 3.8) is 0 Å². The summed E-state index contributed by atoms with van der Waals surface area (Å²) in [6, 6.07) is 8.40. The predicted molar refractivity (Wildman–Crippen MR) is 77.9 cm³/mol. The van der Waals surface area contributed by atoms with Crippen molar-refractivity contribution >= 4 is 21.6 Å². The molecule has 0 aromatic heterocycles. The van der Waals surface area contributed by atoms with E-state index in [9.17, 15) is 19.6 Å². The number of nitrogens with zero attached hydrogens (tertiary/aromatic N) is 1. The molecule has 2 aromatic carbocycles. The van der Waals surface area contributed by atoms with Crippen LogP contribution in [0, 0.1) is 15.9 Å². The number of nitro benzene ring substituents is 1. The van der Waals surface area contributed by atoms with Crippen LogP contribution in [0.2, 0.25) is 0 Å². The largest absolute Gasteiger partial charge is 0.455 e. The molecule has 0 aliphatic rings. The molecule has 0 bridgehead atoms. The molecule has 0 saturated carbocycles. The monoisotopic (exact) mass is 355 g/mol. The molecule has 0 radical (unpaired) electrons. The molecule has 2 rings (SSSR count). The molecule has 110 valence electrons. The zero-order chi connectivity index (χ0) is 15.6. The van der Waals surface area contributed by atoms with Crippen molar-refractivity contribution in [3.05, 3.63) is 62.4 Å². The van der Waals surface area contributed by atoms with Crippen LogP contribution in [0.25, 0.3) is 0 Å². The predicted octanol–water partition coefficient (Wildman–Crippen LogP) is 4.34. The molecule has 1 N–H and O–H groups in total. The second kappa shape index (κ2) is 6.19. The van der Waals surface area contributed by atoms with Gasteiger partial charge >= 0.3 is 0 Å². The molecule has 0 spiro atoms. The SMILES string of the molecule is C[C@H](O)c1c(F)cccc1Oc1cccc([N+](=O)[O-])c1Br. The third kappa shape index (κ3) is 3.20. The molecule has 0 saturated heterocycles. The van der Waals surface area contributed by atoms with Gasteiger partial charge in [0.1, 0.15) is 21.8 Å². The van der Waals surface area contributed by atoms with Gasteiger partial charge < -0.3 is 9.84 Å². The van der Waals surface area contributed by atoms with E-state index >= 15 is 0 Å². The molecule has 2 aromatic rings. The van der Waals surface area contributed by atoms with Gasteiger partial charge in [0.15, 0.2) is 0 Å². The van der Waals surface area contributed by atoms with E-state index in [1.807, 2.05) is 0 Å². The smallest absolute Gasteiger partial charge is 0.287 e. The van der Waals surface area contributed by atoms with Gasteiger partial charge in [0.05, 0.1) is 16.6 Å². The van der Waals surface area contributed by atoms with Crippen LogP contribution < -0.4 is 4.74 Å². The summed E-state index contributed by atoms with van der Waals surface area (Å²) in [6.07, 6.45) is -1.07. The summed E-state index contributed by atoms with van der Waals surface area (Å²) >= 11 is 3.10. The van der Waals surface area contributed by atoms with E-state index in [0.29, 0.717) is 0 Å². The van der Waals surface area contributed by atoms with Gasteiger partial charge in [-0.3, -0.25) is 10.1 Å². The van der Waals surface area contributed by atoms with E-state index in [0.717, 1.165) is 0 Å². The molecule has 0 amide bonds. The molecule has 7 heteroatoms. The molecule has 1 atom stereocenters. The molecule has 21 heavy (non-hydrogen) atoms. The summed E-state index contributed by atoms with van der Waals surface area (Å²) in [4.78, 5) is 10.3. The standard InChI is InChI=1S/C14H11BrFNO4/c1-8(18)13-9(16)4-2-6-11(13)21-12-7-3-5-10(14(12)15)17(19)20/h2-8,18H,1H3/t8-/m0/s1. The van der Waals surface area contributed by atoms with Gasteiger partial charge in [-0.2, -0.15) is 0 Å². The number of rotatable bonds is 4. The highest BCUT2D eigenvalue weighted by molar-refractivity contribution is 9.10. The number of benzene rings is 2. The van der Waals surface area contributed by atoms with Crippen LogP contribution in [0.5, 0.6) is 11.5 Å². The maximum atomic E-state index is 13.8. The second-order valence-corrected chi connectivity index (χ2v) is 5.07. The molecular weight excluding hydrogens is 345 g/mol. The van der Waals surface area contributed by atoms with Crippen LogP contribution in [-0.4, -0.2) is 10.0 Å². The summed E-state index contributed by atoms with van der Waals surface area (Å²) in [5, 5.41) is 20.5. The highest BCUT2D eigenvalue weighted by Gasteiger charge is 2.19. The fourth-order valence-electron chi connectivity index (χ4n) is 1.85. The van der Waals surface area contributed by atoms with Crippen molar-refractivity contribution in [2.75, 3.05) is 0 Å². The molecule has 0 aliphatic carbocycles. The van der Waals surface area contributed by atoms with Crippen LogP contribution in [0.1, 0.15) is 18.6 Å². The molecule has 0 heterocycles. The summed E-state index contributed by atoms with van der Waals surface area (Å²) in [5.41, 5.74) is -0.168. The topological polar surface area (TPSA) is 72.6 Å². The Hall–Kier alpha value is -1.99. The minimum Gasteiger partial charge on any atom is -0.455 e. The number of aliphatic hydroxyl groups excluding tert-OH is 1. The number of ether oxygens (including phenoxy) is 1. The average Bonchev–Trinajstić information content (AvgIpc) is 2.40. The van der Waals surface area contributed by atoms with Crippen molar-refractivity contribution in [1.29, 1.82) is 0 Å². The van der Waals surface area contributed by atoms with Crippen LogP contribution in [0.4, 0.5) is 10.1 Å². The number of aliphatic hydroxyl groups is 1. The quantitative estimate of drug-likeness (QED) is 0.653. The van der Waals surface area contributed by atoms with Crippen LogP contribution >= 0.6 is 15.9 Å². The van der Waals surface area contributed by atoms with Gasteiger partial charge in [-0.25, -0.2) is 4.39 Å². The zero-order valence-electron chi connectivity index (χ0n) is 10.9. The summed E-state index contributed by atoms with van der Waals surface area (Å²) in [7, 11) is 0. The summed E-state index contributed by atoms with van der Waals surface area (Å²) < 4.78 is 19.4. The zero-order valence-corrected chi connectivity index (χ0v) is 12.5. The maximum absolute atomic E-state index is 13.8. The molecule has 0 unspecified atom stereocenters. The third-order valence-corrected chi connectivity index (χ3v) is 3.59. The minimum atomic E-state index is -1.07. The Morgan fingerprint density at radius 3 is 2.52 bits per heavy atom. The number of halogens is 2. The lowest BCUT2D eigenvalue weighted by molar-refractivity contribution is -0.385. The fourth-order valence-corrected chi connectivity index (χ4v) is 2.34. The Balaban J connectivity index is 2.47. The van der Waals surface area contributed by atoms with E-state index in [-0.39, 0.29) is 27.2 Å². The van der Waals surface area contributed by atoms with Gasteiger partial charge in [0.25, 0.3) is 5.69 Å². The molecule has 0 fully saturated rings. The summed E-state index contributed by atoms with van der Waals surface area (Å²) in [6.45, 7) is 1.41. The Morgan fingerprint density at radius 2 is 1.90 bits per heavy atom. The van der Waals surface area contributed by atoms with Gasteiger partial charge in [0, 0.05) is 6.07 Å². The number of hydrogen-bond acceptors (Lipinski definition) is 4. The van der Waals surface area contributed by atoms with Crippen molar-refractivity contribution in [2.24, 2.45) is 0 Å². The van der Waals surface area contributed by atoms with E-state index in [1.165, 1.54) is 43.3 Å². The Kier molecular flexibility index (Phi) is 4.54. The fraction of sp³-hybridized carbons (Fsp3) is 0.143. The Morgan fingerprint density at radius 1 is 1.29 bits per heavy atom. The van der Waals surface area contributed by atoms with Crippen molar-refractivity contribution in [1.82, 2.24) is 0 Å². The molecular formula is C14H11BrFNO4. The first-order chi connectivity index (χ1) is 9.91. The van der Waals surface area contributed by atoms with Crippen LogP contribution in [0.3, 0.4) is 0 Å². The maximum Gasteiger partial charge on any atom is 0.287 e. The lowest BCUT2D eigenvalue weighted by Crippen LogP contribution is -2.00. The third-order valence-electron chi connectivity index (χ3n) is 2.79. The lowest BCUT2D eigenvalue weighted by Gasteiger charge is -2.14. The lowest BCUT2D eigenvalue weighted by atomic mass is 10.1. The van der Waals surface area contributed by atoms with Gasteiger partial charge in [-0.1, -0.05) is 12.1 Å². The molecule has 5 nitrogen and oxygen atoms in total. The second-order valence-electron chi connectivity index (χ2n) is 4.28.